The predicted molar refractivity (Wildman–Crippen MR) is 66.9 cm³/mol. The second-order valence-electron chi connectivity index (χ2n) is 6.14. The van der Waals surface area contributed by atoms with Gasteiger partial charge in [0.2, 0.25) is 0 Å². The van der Waals surface area contributed by atoms with E-state index >= 15 is 0 Å². The van der Waals surface area contributed by atoms with Gasteiger partial charge in [0.05, 0.1) is 0 Å². The Morgan fingerprint density at radius 3 is 2.33 bits per heavy atom. The van der Waals surface area contributed by atoms with E-state index in [0.29, 0.717) is 6.04 Å². The molecular formula is C13H28N2. The van der Waals surface area contributed by atoms with Crippen LogP contribution in [0.1, 0.15) is 47.5 Å². The van der Waals surface area contributed by atoms with Gasteiger partial charge in [-0.1, -0.05) is 20.8 Å². The van der Waals surface area contributed by atoms with E-state index in [-0.39, 0.29) is 5.54 Å². The topological polar surface area (TPSA) is 29.3 Å². The van der Waals surface area contributed by atoms with Gasteiger partial charge in [-0.3, -0.25) is 4.90 Å². The fourth-order valence-electron chi connectivity index (χ4n) is 3.25. The summed E-state index contributed by atoms with van der Waals surface area (Å²) < 4.78 is 0. The first-order valence-electron chi connectivity index (χ1n) is 6.36. The molecule has 0 radical (unpaired) electrons. The van der Waals surface area contributed by atoms with Crippen LogP contribution in [0.2, 0.25) is 0 Å². The van der Waals surface area contributed by atoms with Crippen LogP contribution in [0.15, 0.2) is 0 Å². The minimum absolute atomic E-state index is 0.207. The van der Waals surface area contributed by atoms with Crippen LogP contribution in [0.4, 0.5) is 0 Å². The van der Waals surface area contributed by atoms with Crippen molar-refractivity contribution >= 4 is 0 Å². The summed E-state index contributed by atoms with van der Waals surface area (Å²) in [7, 11) is 0. The fraction of sp³-hybridized carbons (Fsp3) is 1.00. The van der Waals surface area contributed by atoms with Crippen molar-refractivity contribution in [2.24, 2.45) is 17.6 Å². The van der Waals surface area contributed by atoms with Crippen molar-refractivity contribution in [3.8, 4) is 0 Å². The smallest absolute Gasteiger partial charge is 0.0308 e. The molecule has 1 heterocycles. The molecule has 2 heteroatoms. The first-order valence-corrected chi connectivity index (χ1v) is 6.36. The highest BCUT2D eigenvalue weighted by Gasteiger charge is 2.39. The monoisotopic (exact) mass is 212 g/mol. The van der Waals surface area contributed by atoms with Crippen LogP contribution in [0.5, 0.6) is 0 Å². The lowest BCUT2D eigenvalue weighted by Gasteiger charge is -2.42. The summed E-state index contributed by atoms with van der Waals surface area (Å²) in [5, 5.41) is 0. The highest BCUT2D eigenvalue weighted by atomic mass is 15.2. The van der Waals surface area contributed by atoms with Gasteiger partial charge in [0.1, 0.15) is 0 Å². The van der Waals surface area contributed by atoms with Crippen LogP contribution in [-0.2, 0) is 0 Å². The van der Waals surface area contributed by atoms with Crippen LogP contribution in [0, 0.1) is 11.8 Å². The van der Waals surface area contributed by atoms with Gasteiger partial charge in [-0.05, 0) is 38.5 Å². The third-order valence-electron chi connectivity index (χ3n) is 3.77. The highest BCUT2D eigenvalue weighted by Crippen LogP contribution is 2.33. The molecule has 0 bridgehead atoms. The largest absolute Gasteiger partial charge is 0.329 e. The number of rotatable bonds is 4. The molecule has 3 unspecified atom stereocenters. The van der Waals surface area contributed by atoms with Crippen molar-refractivity contribution in [1.29, 1.82) is 0 Å². The quantitative estimate of drug-likeness (QED) is 0.776. The zero-order chi connectivity index (χ0) is 11.6. The molecule has 15 heavy (non-hydrogen) atoms. The van der Waals surface area contributed by atoms with Crippen molar-refractivity contribution in [3.05, 3.63) is 0 Å². The van der Waals surface area contributed by atoms with Gasteiger partial charge in [0.15, 0.2) is 0 Å². The van der Waals surface area contributed by atoms with Gasteiger partial charge in [-0.15, -0.1) is 0 Å². The van der Waals surface area contributed by atoms with E-state index in [1.807, 2.05) is 0 Å². The minimum Gasteiger partial charge on any atom is -0.329 e. The number of likely N-dealkylation sites (tertiary alicyclic amines) is 1. The normalized spacial score (nSPS) is 32.2. The van der Waals surface area contributed by atoms with Crippen LogP contribution >= 0.6 is 0 Å². The molecule has 2 nitrogen and oxygen atoms in total. The Labute approximate surface area is 95.2 Å². The minimum atomic E-state index is 0.207. The van der Waals surface area contributed by atoms with E-state index < -0.39 is 0 Å². The zero-order valence-corrected chi connectivity index (χ0v) is 11.1. The van der Waals surface area contributed by atoms with Crippen molar-refractivity contribution in [2.45, 2.75) is 59.0 Å². The summed E-state index contributed by atoms with van der Waals surface area (Å²) in [4.78, 5) is 2.64. The molecule has 0 aliphatic carbocycles. The molecule has 3 atom stereocenters. The summed E-state index contributed by atoms with van der Waals surface area (Å²) in [5.74, 6) is 1.56. The first kappa shape index (κ1) is 13.0. The number of hydrogen-bond donors (Lipinski definition) is 1. The average Bonchev–Trinajstić information content (AvgIpc) is 2.44. The van der Waals surface area contributed by atoms with Crippen LogP contribution in [-0.4, -0.2) is 29.6 Å². The van der Waals surface area contributed by atoms with E-state index in [0.717, 1.165) is 18.4 Å². The third kappa shape index (κ3) is 2.94. The Morgan fingerprint density at radius 1 is 1.40 bits per heavy atom. The van der Waals surface area contributed by atoms with Crippen LogP contribution in [0.3, 0.4) is 0 Å². The molecule has 1 fully saturated rings. The highest BCUT2D eigenvalue weighted by molar-refractivity contribution is 4.95. The van der Waals surface area contributed by atoms with Crippen LogP contribution in [0.25, 0.3) is 0 Å². The number of nitrogens with zero attached hydrogens (tertiary/aromatic N) is 1. The molecule has 0 aromatic carbocycles. The third-order valence-corrected chi connectivity index (χ3v) is 3.77. The summed E-state index contributed by atoms with van der Waals surface area (Å²) in [6.07, 6.45) is 2.54. The van der Waals surface area contributed by atoms with E-state index in [1.165, 1.54) is 19.4 Å². The Hall–Kier alpha value is -0.0800. The van der Waals surface area contributed by atoms with E-state index in [9.17, 15) is 0 Å². The second-order valence-corrected chi connectivity index (χ2v) is 6.14. The summed E-state index contributed by atoms with van der Waals surface area (Å²) in [5.41, 5.74) is 6.21. The van der Waals surface area contributed by atoms with Gasteiger partial charge < -0.3 is 5.73 Å². The molecule has 1 rings (SSSR count). The molecule has 90 valence electrons. The molecule has 0 aromatic heterocycles. The van der Waals surface area contributed by atoms with Gasteiger partial charge in [0.25, 0.3) is 0 Å². The maximum Gasteiger partial charge on any atom is 0.0308 e. The van der Waals surface area contributed by atoms with Gasteiger partial charge in [0, 0.05) is 24.7 Å². The molecule has 0 saturated carbocycles. The Kier molecular flexibility index (Phi) is 4.19. The van der Waals surface area contributed by atoms with Gasteiger partial charge >= 0.3 is 0 Å². The molecule has 0 amide bonds. The number of nitrogens with two attached hydrogens (primary N) is 1. The predicted octanol–water partition coefficient (Wildman–Crippen LogP) is 2.48. The maximum atomic E-state index is 6.00. The van der Waals surface area contributed by atoms with Crippen molar-refractivity contribution in [1.82, 2.24) is 4.90 Å². The number of hydrogen-bond acceptors (Lipinski definition) is 2. The van der Waals surface area contributed by atoms with E-state index in [1.54, 1.807) is 0 Å². The van der Waals surface area contributed by atoms with E-state index in [2.05, 4.69) is 39.5 Å². The molecule has 1 aliphatic heterocycles. The summed E-state index contributed by atoms with van der Waals surface area (Å²) in [6, 6.07) is 0.701. The SMILES string of the molecule is CC(C)CC(C)(CN)N1CC(C)CC1C. The van der Waals surface area contributed by atoms with E-state index in [4.69, 9.17) is 5.73 Å². The van der Waals surface area contributed by atoms with Crippen molar-refractivity contribution in [2.75, 3.05) is 13.1 Å². The average molecular weight is 212 g/mol. The maximum absolute atomic E-state index is 6.00. The summed E-state index contributed by atoms with van der Waals surface area (Å²) in [6.45, 7) is 13.6. The molecule has 2 N–H and O–H groups in total. The first-order chi connectivity index (χ1) is 6.89. The zero-order valence-electron chi connectivity index (χ0n) is 11.1. The standard InChI is InChI=1S/C13H28N2/c1-10(2)7-13(5,9-14)15-8-11(3)6-12(15)4/h10-12H,6-9,14H2,1-5H3. The molecule has 0 aromatic rings. The lowest BCUT2D eigenvalue weighted by Crippen LogP contribution is -2.53. The lowest BCUT2D eigenvalue weighted by atomic mass is 9.88. The molecule has 1 aliphatic rings. The molecule has 0 spiro atoms. The van der Waals surface area contributed by atoms with Gasteiger partial charge in [-0.2, -0.15) is 0 Å². The second kappa shape index (κ2) is 4.84. The Morgan fingerprint density at radius 2 is 2.00 bits per heavy atom. The summed E-state index contributed by atoms with van der Waals surface area (Å²) >= 11 is 0. The van der Waals surface area contributed by atoms with Gasteiger partial charge in [-0.25, -0.2) is 0 Å². The van der Waals surface area contributed by atoms with Crippen molar-refractivity contribution in [3.63, 3.8) is 0 Å². The van der Waals surface area contributed by atoms with Crippen LogP contribution < -0.4 is 5.73 Å². The fourth-order valence-corrected chi connectivity index (χ4v) is 3.25. The molecule has 1 saturated heterocycles. The Balaban J connectivity index is 2.72. The Bertz CT molecular complexity index is 203. The molecular weight excluding hydrogens is 184 g/mol. The lowest BCUT2D eigenvalue weighted by molar-refractivity contribution is 0.0806. The van der Waals surface area contributed by atoms with Crippen molar-refractivity contribution < 1.29 is 0 Å².